The lowest BCUT2D eigenvalue weighted by atomic mass is 10.2. The van der Waals surface area contributed by atoms with Crippen molar-refractivity contribution in [2.75, 3.05) is 25.7 Å². The summed E-state index contributed by atoms with van der Waals surface area (Å²) in [6.07, 6.45) is 0. The lowest BCUT2D eigenvalue weighted by Gasteiger charge is -2.16. The lowest BCUT2D eigenvalue weighted by Crippen LogP contribution is -2.29. The molecule has 0 spiro atoms. The topological polar surface area (TPSA) is 72.7 Å². The fourth-order valence-corrected chi connectivity index (χ4v) is 1.18. The maximum atomic E-state index is 11.5. The smallest absolute Gasteiger partial charge is 0.271 e. The summed E-state index contributed by atoms with van der Waals surface area (Å²) in [5.74, 6) is -0.261. The second kappa shape index (κ2) is 5.22. The molecule has 1 amide bonds. The van der Waals surface area contributed by atoms with E-state index in [9.17, 15) is 14.9 Å². The molecule has 0 bridgehead atoms. The van der Waals surface area contributed by atoms with Crippen molar-refractivity contribution in [2.45, 2.75) is 0 Å². The van der Waals surface area contributed by atoms with Crippen LogP contribution in [0.1, 0.15) is 0 Å². The van der Waals surface area contributed by atoms with Crippen molar-refractivity contribution in [3.8, 4) is 0 Å². The zero-order valence-electron chi connectivity index (χ0n) is 9.04. The molecule has 1 rings (SSSR count). The van der Waals surface area contributed by atoms with Crippen LogP contribution in [0.25, 0.3) is 0 Å². The van der Waals surface area contributed by atoms with E-state index in [0.717, 1.165) is 0 Å². The number of non-ortho nitro benzene ring substituents is 1. The summed E-state index contributed by atoms with van der Waals surface area (Å²) < 4.78 is 4.70. The van der Waals surface area contributed by atoms with Crippen LogP contribution >= 0.6 is 0 Å². The molecule has 16 heavy (non-hydrogen) atoms. The summed E-state index contributed by atoms with van der Waals surface area (Å²) in [5, 5.41) is 10.5. The largest absolute Gasteiger partial charge is 0.375 e. The number of likely N-dealkylation sites (N-methyl/N-ethyl adjacent to an activating group) is 1. The van der Waals surface area contributed by atoms with Crippen LogP contribution in [0.15, 0.2) is 24.3 Å². The van der Waals surface area contributed by atoms with Crippen molar-refractivity contribution in [1.82, 2.24) is 0 Å². The van der Waals surface area contributed by atoms with Crippen LogP contribution in [-0.4, -0.2) is 31.6 Å². The Bertz CT molecular complexity index is 406. The van der Waals surface area contributed by atoms with Gasteiger partial charge >= 0.3 is 0 Å². The maximum absolute atomic E-state index is 11.5. The molecule has 1 aromatic carbocycles. The summed E-state index contributed by atoms with van der Waals surface area (Å²) >= 11 is 0. The second-order valence-corrected chi connectivity index (χ2v) is 3.16. The van der Waals surface area contributed by atoms with E-state index in [1.807, 2.05) is 0 Å². The molecule has 6 nitrogen and oxygen atoms in total. The first kappa shape index (κ1) is 12.1. The molecule has 6 heteroatoms. The average molecular weight is 224 g/mol. The van der Waals surface area contributed by atoms with Crippen LogP contribution in [0.4, 0.5) is 11.4 Å². The zero-order valence-corrected chi connectivity index (χ0v) is 9.04. The normalized spacial score (nSPS) is 9.88. The summed E-state index contributed by atoms with van der Waals surface area (Å²) in [6.45, 7) is -0.0564. The summed E-state index contributed by atoms with van der Waals surface area (Å²) in [6, 6.07) is 5.87. The van der Waals surface area contributed by atoms with Gasteiger partial charge in [-0.1, -0.05) is 6.07 Å². The number of benzene rings is 1. The fraction of sp³-hybridized carbons (Fsp3) is 0.300. The third-order valence-electron chi connectivity index (χ3n) is 2.07. The predicted molar refractivity (Wildman–Crippen MR) is 58.4 cm³/mol. The van der Waals surface area contributed by atoms with Crippen LogP contribution in [0.3, 0.4) is 0 Å². The standard InChI is InChI=1S/C10H12N2O4/c1-11(10(13)7-16-2)8-4-3-5-9(6-8)12(14)15/h3-6H,7H2,1-2H3. The van der Waals surface area contributed by atoms with E-state index in [2.05, 4.69) is 0 Å². The van der Waals surface area contributed by atoms with E-state index in [1.54, 1.807) is 13.1 Å². The first-order valence-electron chi connectivity index (χ1n) is 4.56. The number of rotatable bonds is 4. The van der Waals surface area contributed by atoms with Gasteiger partial charge in [0.05, 0.1) is 10.6 Å². The van der Waals surface area contributed by atoms with Crippen molar-refractivity contribution in [3.63, 3.8) is 0 Å². The first-order valence-corrected chi connectivity index (χ1v) is 4.56. The molecule has 0 unspecified atom stereocenters. The van der Waals surface area contributed by atoms with E-state index >= 15 is 0 Å². The Hall–Kier alpha value is -1.95. The summed E-state index contributed by atoms with van der Waals surface area (Å²) in [4.78, 5) is 22.8. The highest BCUT2D eigenvalue weighted by molar-refractivity contribution is 5.93. The SMILES string of the molecule is COCC(=O)N(C)c1cccc([N+](=O)[O-])c1. The van der Waals surface area contributed by atoms with Gasteiger partial charge < -0.3 is 9.64 Å². The number of amides is 1. The minimum atomic E-state index is -0.502. The monoisotopic (exact) mass is 224 g/mol. The lowest BCUT2D eigenvalue weighted by molar-refractivity contribution is -0.384. The molecule has 0 aliphatic rings. The molecule has 0 N–H and O–H groups in total. The molecular weight excluding hydrogens is 212 g/mol. The van der Waals surface area contributed by atoms with E-state index in [-0.39, 0.29) is 18.2 Å². The van der Waals surface area contributed by atoms with Crippen molar-refractivity contribution < 1.29 is 14.5 Å². The molecule has 0 aliphatic carbocycles. The van der Waals surface area contributed by atoms with Gasteiger partial charge in [0.25, 0.3) is 11.6 Å². The molecule has 0 heterocycles. The molecule has 0 saturated heterocycles. The van der Waals surface area contributed by atoms with Crippen molar-refractivity contribution >= 4 is 17.3 Å². The number of hydrogen-bond acceptors (Lipinski definition) is 4. The van der Waals surface area contributed by atoms with Gasteiger partial charge in [0.15, 0.2) is 0 Å². The van der Waals surface area contributed by atoms with Gasteiger partial charge in [-0.15, -0.1) is 0 Å². The van der Waals surface area contributed by atoms with Crippen molar-refractivity contribution in [2.24, 2.45) is 0 Å². The van der Waals surface area contributed by atoms with Gasteiger partial charge in [-0.2, -0.15) is 0 Å². The minimum absolute atomic E-state index is 0.0467. The molecule has 0 aromatic heterocycles. The van der Waals surface area contributed by atoms with Gasteiger partial charge in [0.2, 0.25) is 0 Å². The minimum Gasteiger partial charge on any atom is -0.375 e. The van der Waals surface area contributed by atoms with E-state index in [1.165, 1.54) is 30.2 Å². The van der Waals surface area contributed by atoms with Gasteiger partial charge in [-0.25, -0.2) is 0 Å². The first-order chi connectivity index (χ1) is 7.56. The number of methoxy groups -OCH3 is 1. The Labute approximate surface area is 92.6 Å². The Morgan fingerprint density at radius 2 is 2.25 bits per heavy atom. The Morgan fingerprint density at radius 1 is 1.56 bits per heavy atom. The van der Waals surface area contributed by atoms with Gasteiger partial charge in [0.1, 0.15) is 6.61 Å². The fourth-order valence-electron chi connectivity index (χ4n) is 1.18. The molecule has 1 aromatic rings. The highest BCUT2D eigenvalue weighted by Gasteiger charge is 2.13. The van der Waals surface area contributed by atoms with Crippen LogP contribution < -0.4 is 4.90 Å². The second-order valence-electron chi connectivity index (χ2n) is 3.16. The van der Waals surface area contributed by atoms with Gasteiger partial charge in [-0.05, 0) is 6.07 Å². The highest BCUT2D eigenvalue weighted by Crippen LogP contribution is 2.19. The van der Waals surface area contributed by atoms with E-state index in [0.29, 0.717) is 5.69 Å². The van der Waals surface area contributed by atoms with E-state index in [4.69, 9.17) is 4.74 Å². The number of nitrogens with zero attached hydrogens (tertiary/aromatic N) is 2. The van der Waals surface area contributed by atoms with Crippen molar-refractivity contribution in [3.05, 3.63) is 34.4 Å². The average Bonchev–Trinajstić information content (AvgIpc) is 2.28. The van der Waals surface area contributed by atoms with Crippen LogP contribution in [-0.2, 0) is 9.53 Å². The number of nitro groups is 1. The molecular formula is C10H12N2O4. The van der Waals surface area contributed by atoms with Gasteiger partial charge in [0, 0.05) is 26.3 Å². The molecule has 0 fully saturated rings. The number of ether oxygens (including phenoxy) is 1. The highest BCUT2D eigenvalue weighted by atomic mass is 16.6. The molecule has 86 valence electrons. The number of carbonyl (C=O) groups excluding carboxylic acids is 1. The number of anilines is 1. The predicted octanol–water partition coefficient (Wildman–Crippen LogP) is 1.20. The summed E-state index contributed by atoms with van der Waals surface area (Å²) in [5.41, 5.74) is 0.422. The quantitative estimate of drug-likeness (QED) is 0.569. The molecule has 0 saturated carbocycles. The van der Waals surface area contributed by atoms with Gasteiger partial charge in [-0.3, -0.25) is 14.9 Å². The van der Waals surface area contributed by atoms with E-state index < -0.39 is 4.92 Å². The number of carbonyl (C=O) groups is 1. The molecule has 0 radical (unpaired) electrons. The third-order valence-corrected chi connectivity index (χ3v) is 2.07. The Balaban J connectivity index is 2.91. The van der Waals surface area contributed by atoms with Crippen molar-refractivity contribution in [1.29, 1.82) is 0 Å². The molecule has 0 atom stereocenters. The maximum Gasteiger partial charge on any atom is 0.271 e. The molecule has 0 aliphatic heterocycles. The number of hydrogen-bond donors (Lipinski definition) is 0. The zero-order chi connectivity index (χ0) is 12.1. The Morgan fingerprint density at radius 3 is 2.81 bits per heavy atom. The number of nitro benzene ring substituents is 1. The van der Waals surface area contributed by atoms with Crippen LogP contribution in [0, 0.1) is 10.1 Å². The van der Waals surface area contributed by atoms with Crippen LogP contribution in [0.2, 0.25) is 0 Å². The van der Waals surface area contributed by atoms with Crippen LogP contribution in [0.5, 0.6) is 0 Å². The third kappa shape index (κ3) is 2.77. The Kier molecular flexibility index (Phi) is 3.96. The summed E-state index contributed by atoms with van der Waals surface area (Å²) in [7, 11) is 2.96.